The van der Waals surface area contributed by atoms with Crippen LogP contribution in [0.4, 0.5) is 0 Å². The molecule has 1 heterocycles. The van der Waals surface area contributed by atoms with Gasteiger partial charge in [-0.25, -0.2) is 0 Å². The molecule has 0 radical (unpaired) electrons. The molecular weight excluding hydrogens is 328 g/mol. The lowest BCUT2D eigenvalue weighted by Crippen LogP contribution is -2.11. The fourth-order valence-electron chi connectivity index (χ4n) is 2.72. The van der Waals surface area contributed by atoms with E-state index in [1.165, 1.54) is 22.3 Å². The lowest BCUT2D eigenvalue weighted by atomic mass is 10.1. The highest BCUT2D eigenvalue weighted by Gasteiger charge is 2.13. The van der Waals surface area contributed by atoms with E-state index in [1.54, 1.807) is 11.8 Å². The summed E-state index contributed by atoms with van der Waals surface area (Å²) in [6.45, 7) is 5.58. The summed E-state index contributed by atoms with van der Waals surface area (Å²) in [5.41, 5.74) is 10.8. The van der Waals surface area contributed by atoms with E-state index in [0.717, 1.165) is 29.7 Å². The van der Waals surface area contributed by atoms with Crippen molar-refractivity contribution < 1.29 is 0 Å². The largest absolute Gasteiger partial charge is 0.330 e. The number of nitrogens with zero attached hydrogens (tertiary/aromatic N) is 3. The van der Waals surface area contributed by atoms with Gasteiger partial charge in [0.05, 0.1) is 6.54 Å². The Hall–Kier alpha value is -2.11. The number of thioether (sulfide) groups is 1. The number of hydrogen-bond donors (Lipinski definition) is 1. The molecule has 4 nitrogen and oxygen atoms in total. The van der Waals surface area contributed by atoms with Gasteiger partial charge >= 0.3 is 0 Å². The second kappa shape index (κ2) is 8.32. The van der Waals surface area contributed by atoms with E-state index in [-0.39, 0.29) is 0 Å². The van der Waals surface area contributed by atoms with Crippen LogP contribution in [0.2, 0.25) is 0 Å². The molecule has 0 saturated heterocycles. The van der Waals surface area contributed by atoms with E-state index in [4.69, 9.17) is 5.73 Å². The van der Waals surface area contributed by atoms with Crippen molar-refractivity contribution in [2.24, 2.45) is 5.73 Å². The summed E-state index contributed by atoms with van der Waals surface area (Å²) in [5, 5.41) is 9.72. The molecule has 25 heavy (non-hydrogen) atoms. The van der Waals surface area contributed by atoms with Crippen LogP contribution >= 0.6 is 11.8 Å². The first kappa shape index (κ1) is 17.7. The quantitative estimate of drug-likeness (QED) is 0.658. The van der Waals surface area contributed by atoms with Crippen LogP contribution in [-0.4, -0.2) is 21.3 Å². The third-order valence-electron chi connectivity index (χ3n) is 4.07. The van der Waals surface area contributed by atoms with E-state index < -0.39 is 0 Å². The minimum absolute atomic E-state index is 0.578. The van der Waals surface area contributed by atoms with E-state index in [0.29, 0.717) is 6.54 Å². The van der Waals surface area contributed by atoms with Gasteiger partial charge in [0, 0.05) is 12.2 Å². The van der Waals surface area contributed by atoms with Crippen LogP contribution in [0.3, 0.4) is 0 Å². The predicted octanol–water partition coefficient (Wildman–Crippen LogP) is 3.74. The highest BCUT2D eigenvalue weighted by Crippen LogP contribution is 2.23. The molecule has 3 rings (SSSR count). The van der Waals surface area contributed by atoms with Crippen molar-refractivity contribution in [3.8, 4) is 0 Å². The van der Waals surface area contributed by atoms with E-state index >= 15 is 0 Å². The minimum Gasteiger partial charge on any atom is -0.330 e. The van der Waals surface area contributed by atoms with Crippen molar-refractivity contribution in [2.75, 3.05) is 6.54 Å². The summed E-state index contributed by atoms with van der Waals surface area (Å²) >= 11 is 1.73. The van der Waals surface area contributed by atoms with Gasteiger partial charge in [0.2, 0.25) is 0 Å². The minimum atomic E-state index is 0.578. The Morgan fingerprint density at radius 1 is 0.960 bits per heavy atom. The van der Waals surface area contributed by atoms with Crippen LogP contribution < -0.4 is 5.73 Å². The van der Waals surface area contributed by atoms with Gasteiger partial charge in [-0.2, -0.15) is 0 Å². The molecule has 2 aromatic carbocycles. The Kier molecular flexibility index (Phi) is 5.89. The number of aromatic nitrogens is 3. The van der Waals surface area contributed by atoms with Gasteiger partial charge in [-0.15, -0.1) is 10.2 Å². The number of hydrogen-bond acceptors (Lipinski definition) is 4. The Morgan fingerprint density at radius 2 is 1.76 bits per heavy atom. The standard InChI is InChI=1S/C20H24N4S/c1-15-6-8-17(9-7-15)13-24-19(10-11-21)22-23-20(24)25-14-18-5-3-4-16(2)12-18/h3-9,12H,10-11,13-14,21H2,1-2H3. The van der Waals surface area contributed by atoms with E-state index in [2.05, 4.69) is 77.1 Å². The van der Waals surface area contributed by atoms with Crippen LogP contribution in [0.15, 0.2) is 53.7 Å². The molecule has 1 aromatic heterocycles. The molecule has 3 aromatic rings. The molecule has 0 aliphatic heterocycles. The number of benzene rings is 2. The lowest BCUT2D eigenvalue weighted by Gasteiger charge is -2.10. The molecular formula is C20H24N4S. The molecule has 0 aliphatic carbocycles. The molecule has 0 aliphatic rings. The maximum Gasteiger partial charge on any atom is 0.191 e. The van der Waals surface area contributed by atoms with E-state index in [1.807, 2.05) is 0 Å². The topological polar surface area (TPSA) is 56.7 Å². The summed E-state index contributed by atoms with van der Waals surface area (Å²) in [6, 6.07) is 17.2. The zero-order valence-electron chi connectivity index (χ0n) is 14.8. The Bertz CT molecular complexity index is 824. The Labute approximate surface area is 153 Å². The number of rotatable bonds is 7. The molecule has 0 fully saturated rings. The number of nitrogens with two attached hydrogens (primary N) is 1. The normalized spacial score (nSPS) is 11.0. The van der Waals surface area contributed by atoms with Gasteiger partial charge in [-0.1, -0.05) is 71.4 Å². The summed E-state index contributed by atoms with van der Waals surface area (Å²) in [6.07, 6.45) is 0.740. The third kappa shape index (κ3) is 4.71. The molecule has 0 spiro atoms. The summed E-state index contributed by atoms with van der Waals surface area (Å²) in [7, 11) is 0. The van der Waals surface area contributed by atoms with Crippen LogP contribution in [-0.2, 0) is 18.7 Å². The zero-order valence-corrected chi connectivity index (χ0v) is 15.6. The second-order valence-electron chi connectivity index (χ2n) is 6.29. The highest BCUT2D eigenvalue weighted by atomic mass is 32.2. The van der Waals surface area contributed by atoms with Gasteiger partial charge in [0.25, 0.3) is 0 Å². The third-order valence-corrected chi connectivity index (χ3v) is 5.11. The van der Waals surface area contributed by atoms with Crippen LogP contribution in [0.25, 0.3) is 0 Å². The monoisotopic (exact) mass is 352 g/mol. The first-order valence-electron chi connectivity index (χ1n) is 8.52. The molecule has 5 heteroatoms. The van der Waals surface area contributed by atoms with Gasteiger partial charge in [-0.05, 0) is 31.5 Å². The summed E-state index contributed by atoms with van der Waals surface area (Å²) in [5.74, 6) is 1.84. The SMILES string of the molecule is Cc1ccc(Cn2c(CCN)nnc2SCc2cccc(C)c2)cc1. The maximum atomic E-state index is 5.75. The van der Waals surface area contributed by atoms with E-state index in [9.17, 15) is 0 Å². The van der Waals surface area contributed by atoms with Crippen molar-refractivity contribution in [2.45, 2.75) is 37.7 Å². The zero-order chi connectivity index (χ0) is 17.6. The van der Waals surface area contributed by atoms with Crippen LogP contribution in [0, 0.1) is 13.8 Å². The fraction of sp³-hybridized carbons (Fsp3) is 0.300. The lowest BCUT2D eigenvalue weighted by molar-refractivity contribution is 0.663. The first-order chi connectivity index (χ1) is 12.2. The predicted molar refractivity (Wildman–Crippen MR) is 104 cm³/mol. The molecule has 0 unspecified atom stereocenters. The second-order valence-corrected chi connectivity index (χ2v) is 7.23. The average molecular weight is 353 g/mol. The van der Waals surface area contributed by atoms with Crippen molar-refractivity contribution in [1.82, 2.24) is 14.8 Å². The molecule has 130 valence electrons. The van der Waals surface area contributed by atoms with Gasteiger partial charge in [0.1, 0.15) is 5.82 Å². The van der Waals surface area contributed by atoms with Crippen molar-refractivity contribution in [3.63, 3.8) is 0 Å². The average Bonchev–Trinajstić information content (AvgIpc) is 2.97. The van der Waals surface area contributed by atoms with Crippen molar-refractivity contribution in [3.05, 3.63) is 76.6 Å². The summed E-state index contributed by atoms with van der Waals surface area (Å²) < 4.78 is 2.19. The molecule has 0 amide bonds. The fourth-order valence-corrected chi connectivity index (χ4v) is 3.62. The highest BCUT2D eigenvalue weighted by molar-refractivity contribution is 7.98. The van der Waals surface area contributed by atoms with Gasteiger partial charge in [-0.3, -0.25) is 0 Å². The number of aryl methyl sites for hydroxylation is 2. The molecule has 2 N–H and O–H groups in total. The van der Waals surface area contributed by atoms with Crippen LogP contribution in [0.5, 0.6) is 0 Å². The Morgan fingerprint density at radius 3 is 2.48 bits per heavy atom. The molecule has 0 atom stereocenters. The van der Waals surface area contributed by atoms with Gasteiger partial charge < -0.3 is 10.3 Å². The Balaban J connectivity index is 1.79. The first-order valence-corrected chi connectivity index (χ1v) is 9.50. The van der Waals surface area contributed by atoms with Gasteiger partial charge in [0.15, 0.2) is 5.16 Å². The van der Waals surface area contributed by atoms with Crippen LogP contribution in [0.1, 0.15) is 28.1 Å². The van der Waals surface area contributed by atoms with Crippen molar-refractivity contribution in [1.29, 1.82) is 0 Å². The molecule has 0 bridgehead atoms. The van der Waals surface area contributed by atoms with Crippen molar-refractivity contribution >= 4 is 11.8 Å². The maximum absolute atomic E-state index is 5.75. The summed E-state index contributed by atoms with van der Waals surface area (Å²) in [4.78, 5) is 0. The molecule has 0 saturated carbocycles. The smallest absolute Gasteiger partial charge is 0.191 e.